The summed E-state index contributed by atoms with van der Waals surface area (Å²) in [6.07, 6.45) is 4.67. The zero-order valence-corrected chi connectivity index (χ0v) is 13.6. The molecular weight excluding hydrogens is 242 g/mol. The van der Waals surface area contributed by atoms with Gasteiger partial charge in [-0.25, -0.2) is 0 Å². The topological polar surface area (TPSA) is 12.0 Å². The Bertz CT molecular complexity index is 543. The van der Waals surface area contributed by atoms with Crippen LogP contribution in [0.5, 0.6) is 0 Å². The lowest BCUT2D eigenvalue weighted by atomic mass is 9.87. The summed E-state index contributed by atoms with van der Waals surface area (Å²) in [7, 11) is 0. The fraction of sp³-hybridized carbons (Fsp3) is 0.474. The summed E-state index contributed by atoms with van der Waals surface area (Å²) in [5.74, 6) is 0.440. The third kappa shape index (κ3) is 3.40. The normalized spacial score (nSPS) is 20.6. The number of hydrogen-bond acceptors (Lipinski definition) is 1. The Labute approximate surface area is 123 Å². The van der Waals surface area contributed by atoms with Gasteiger partial charge in [0.2, 0.25) is 0 Å². The first kappa shape index (κ1) is 15.1. The van der Waals surface area contributed by atoms with E-state index in [2.05, 4.69) is 83.3 Å². The largest absolute Gasteiger partial charge is 0.306 e. The fourth-order valence-electron chi connectivity index (χ4n) is 3.14. The summed E-state index contributed by atoms with van der Waals surface area (Å²) >= 11 is 0. The van der Waals surface area contributed by atoms with Gasteiger partial charge in [-0.2, -0.15) is 0 Å². The molecule has 2 unspecified atom stereocenters. The van der Waals surface area contributed by atoms with Crippen LogP contribution in [0.15, 0.2) is 47.6 Å². The van der Waals surface area contributed by atoms with Crippen molar-refractivity contribution in [3.8, 4) is 0 Å². The third-order valence-corrected chi connectivity index (χ3v) is 3.82. The van der Waals surface area contributed by atoms with Crippen molar-refractivity contribution in [3.05, 3.63) is 58.7 Å². The molecule has 1 aromatic rings. The Morgan fingerprint density at radius 1 is 1.10 bits per heavy atom. The van der Waals surface area contributed by atoms with E-state index in [1.807, 2.05) is 0 Å². The summed E-state index contributed by atoms with van der Waals surface area (Å²) in [6.45, 7) is 13.3. The molecule has 0 radical (unpaired) electrons. The van der Waals surface area contributed by atoms with E-state index in [0.29, 0.717) is 12.0 Å². The Morgan fingerprint density at radius 2 is 1.75 bits per heavy atom. The summed E-state index contributed by atoms with van der Waals surface area (Å²) < 4.78 is 0. The van der Waals surface area contributed by atoms with Gasteiger partial charge in [0.25, 0.3) is 0 Å². The molecule has 0 amide bonds. The molecule has 2 rings (SSSR count). The molecule has 1 N–H and O–H groups in total. The molecule has 0 saturated carbocycles. The van der Waals surface area contributed by atoms with Gasteiger partial charge in [-0.15, -0.1) is 0 Å². The standard InChI is InChI=1S/C19H27N/c1-13-11-14(2)18(12-13)17-10-8-7-9-16(17)15(3)20-19(4,5)6/h7-12,15,18,20H,1-6H3. The second kappa shape index (κ2) is 5.57. The molecule has 20 heavy (non-hydrogen) atoms. The van der Waals surface area contributed by atoms with Gasteiger partial charge in [-0.3, -0.25) is 0 Å². The molecule has 108 valence electrons. The van der Waals surface area contributed by atoms with Crippen LogP contribution in [0.1, 0.15) is 64.6 Å². The molecule has 1 aromatic carbocycles. The Morgan fingerprint density at radius 3 is 2.30 bits per heavy atom. The highest BCUT2D eigenvalue weighted by Gasteiger charge is 2.22. The number of rotatable bonds is 3. The van der Waals surface area contributed by atoms with E-state index >= 15 is 0 Å². The van der Waals surface area contributed by atoms with Gasteiger partial charge in [0.1, 0.15) is 0 Å². The van der Waals surface area contributed by atoms with Gasteiger partial charge < -0.3 is 5.32 Å². The molecule has 0 saturated heterocycles. The van der Waals surface area contributed by atoms with Crippen molar-refractivity contribution >= 4 is 0 Å². The predicted octanol–water partition coefficient (Wildman–Crippen LogP) is 5.13. The van der Waals surface area contributed by atoms with Gasteiger partial charge in [-0.05, 0) is 52.7 Å². The van der Waals surface area contributed by atoms with E-state index in [1.54, 1.807) is 0 Å². The smallest absolute Gasteiger partial charge is 0.0299 e. The van der Waals surface area contributed by atoms with Crippen LogP contribution in [0.2, 0.25) is 0 Å². The van der Waals surface area contributed by atoms with Gasteiger partial charge in [0.15, 0.2) is 0 Å². The van der Waals surface area contributed by atoms with E-state index in [9.17, 15) is 0 Å². The highest BCUT2D eigenvalue weighted by molar-refractivity contribution is 5.47. The monoisotopic (exact) mass is 269 g/mol. The number of allylic oxidation sites excluding steroid dienone is 4. The molecule has 1 aliphatic carbocycles. The highest BCUT2D eigenvalue weighted by atomic mass is 15.0. The Hall–Kier alpha value is -1.34. The summed E-state index contributed by atoms with van der Waals surface area (Å²) in [5, 5.41) is 3.69. The molecule has 1 heteroatoms. The maximum Gasteiger partial charge on any atom is 0.0299 e. The molecule has 1 nitrogen and oxygen atoms in total. The molecule has 2 atom stereocenters. The molecular formula is C19H27N. The average molecular weight is 269 g/mol. The second-order valence-corrected chi connectivity index (χ2v) is 7.02. The minimum Gasteiger partial charge on any atom is -0.306 e. The molecule has 0 bridgehead atoms. The number of benzene rings is 1. The van der Waals surface area contributed by atoms with Crippen LogP contribution < -0.4 is 5.32 Å². The summed E-state index contributed by atoms with van der Waals surface area (Å²) in [4.78, 5) is 0. The van der Waals surface area contributed by atoms with Crippen molar-refractivity contribution in [1.82, 2.24) is 5.32 Å². The lowest BCUT2D eigenvalue weighted by Crippen LogP contribution is -2.38. The summed E-state index contributed by atoms with van der Waals surface area (Å²) in [6, 6.07) is 9.18. The lowest BCUT2D eigenvalue weighted by molar-refractivity contribution is 0.377. The van der Waals surface area contributed by atoms with Crippen molar-refractivity contribution in [3.63, 3.8) is 0 Å². The SMILES string of the molecule is CC1=CC(c2ccccc2C(C)NC(C)(C)C)C(C)=C1. The lowest BCUT2D eigenvalue weighted by Gasteiger charge is -2.29. The minimum atomic E-state index is 0.124. The van der Waals surface area contributed by atoms with E-state index in [-0.39, 0.29) is 5.54 Å². The zero-order valence-electron chi connectivity index (χ0n) is 13.6. The number of nitrogens with one attached hydrogen (secondary N) is 1. The average Bonchev–Trinajstić information content (AvgIpc) is 2.66. The first-order chi connectivity index (χ1) is 9.28. The third-order valence-electron chi connectivity index (χ3n) is 3.82. The first-order valence-corrected chi connectivity index (χ1v) is 7.51. The molecule has 0 fully saturated rings. The van der Waals surface area contributed by atoms with E-state index in [1.165, 1.54) is 22.3 Å². The van der Waals surface area contributed by atoms with Gasteiger partial charge in [-0.1, -0.05) is 47.6 Å². The fourth-order valence-corrected chi connectivity index (χ4v) is 3.14. The molecule has 1 aliphatic rings. The van der Waals surface area contributed by atoms with Crippen molar-refractivity contribution in [2.45, 2.75) is 59.0 Å². The van der Waals surface area contributed by atoms with Crippen LogP contribution in [0.25, 0.3) is 0 Å². The Balaban J connectivity index is 2.35. The zero-order chi connectivity index (χ0) is 14.9. The quantitative estimate of drug-likeness (QED) is 0.802. The molecule has 0 spiro atoms. The maximum absolute atomic E-state index is 3.69. The van der Waals surface area contributed by atoms with Gasteiger partial charge >= 0.3 is 0 Å². The molecule has 0 aromatic heterocycles. The van der Waals surface area contributed by atoms with Crippen molar-refractivity contribution < 1.29 is 0 Å². The van der Waals surface area contributed by atoms with Gasteiger partial charge in [0, 0.05) is 17.5 Å². The van der Waals surface area contributed by atoms with Crippen molar-refractivity contribution in [2.75, 3.05) is 0 Å². The van der Waals surface area contributed by atoms with Gasteiger partial charge in [0.05, 0.1) is 0 Å². The van der Waals surface area contributed by atoms with E-state index < -0.39 is 0 Å². The van der Waals surface area contributed by atoms with Crippen LogP contribution in [0, 0.1) is 0 Å². The maximum atomic E-state index is 3.69. The van der Waals surface area contributed by atoms with Crippen LogP contribution in [0.4, 0.5) is 0 Å². The first-order valence-electron chi connectivity index (χ1n) is 7.51. The van der Waals surface area contributed by atoms with Crippen LogP contribution in [-0.4, -0.2) is 5.54 Å². The van der Waals surface area contributed by atoms with Crippen LogP contribution >= 0.6 is 0 Å². The second-order valence-electron chi connectivity index (χ2n) is 7.02. The summed E-state index contributed by atoms with van der Waals surface area (Å²) in [5.41, 5.74) is 5.78. The van der Waals surface area contributed by atoms with Crippen molar-refractivity contribution in [1.29, 1.82) is 0 Å². The Kier molecular flexibility index (Phi) is 4.19. The predicted molar refractivity (Wildman–Crippen MR) is 88.0 cm³/mol. The van der Waals surface area contributed by atoms with E-state index in [0.717, 1.165) is 0 Å². The minimum absolute atomic E-state index is 0.124. The highest BCUT2D eigenvalue weighted by Crippen LogP contribution is 2.36. The molecule has 0 aliphatic heterocycles. The number of hydrogen-bond donors (Lipinski definition) is 1. The van der Waals surface area contributed by atoms with E-state index in [4.69, 9.17) is 0 Å². The molecule has 0 heterocycles. The van der Waals surface area contributed by atoms with Crippen LogP contribution in [-0.2, 0) is 0 Å². The van der Waals surface area contributed by atoms with Crippen LogP contribution in [0.3, 0.4) is 0 Å². The van der Waals surface area contributed by atoms with Crippen molar-refractivity contribution in [2.24, 2.45) is 0 Å².